The van der Waals surface area contributed by atoms with Crippen LogP contribution in [0.4, 0.5) is 0 Å². The van der Waals surface area contributed by atoms with E-state index >= 15 is 0 Å². The molecule has 1 atom stereocenters. The van der Waals surface area contributed by atoms with Crippen LogP contribution in [0.1, 0.15) is 53.8 Å². The molecule has 0 aliphatic carbocycles. The van der Waals surface area contributed by atoms with E-state index in [1.165, 1.54) is 0 Å². The maximum Gasteiger partial charge on any atom is 0.251 e. The number of amides is 2. The van der Waals surface area contributed by atoms with Gasteiger partial charge in [0.1, 0.15) is 0 Å². The highest BCUT2D eigenvalue weighted by Gasteiger charge is 2.17. The molecule has 0 aromatic heterocycles. The molecule has 0 saturated carbocycles. The third-order valence-electron chi connectivity index (χ3n) is 3.91. The van der Waals surface area contributed by atoms with Crippen LogP contribution < -0.4 is 10.6 Å². The van der Waals surface area contributed by atoms with Gasteiger partial charge in [0.2, 0.25) is 0 Å². The average Bonchev–Trinajstić information content (AvgIpc) is 3.05. The Kier molecular flexibility index (Phi) is 6.59. The highest BCUT2D eigenvalue weighted by Crippen LogP contribution is 2.11. The van der Waals surface area contributed by atoms with Crippen molar-refractivity contribution in [2.24, 2.45) is 5.92 Å². The third-order valence-corrected chi connectivity index (χ3v) is 3.91. The second-order valence-corrected chi connectivity index (χ2v) is 6.36. The van der Waals surface area contributed by atoms with Crippen LogP contribution in [0, 0.1) is 5.92 Å². The molecule has 1 fully saturated rings. The van der Waals surface area contributed by atoms with Gasteiger partial charge >= 0.3 is 0 Å². The molecule has 1 aliphatic rings. The lowest BCUT2D eigenvalue weighted by Crippen LogP contribution is -2.32. The van der Waals surface area contributed by atoms with E-state index in [2.05, 4.69) is 24.5 Å². The molecule has 1 aromatic rings. The van der Waals surface area contributed by atoms with E-state index in [1.54, 1.807) is 24.3 Å². The summed E-state index contributed by atoms with van der Waals surface area (Å²) in [6, 6.07) is 6.81. The van der Waals surface area contributed by atoms with Crippen LogP contribution >= 0.6 is 0 Å². The predicted molar refractivity (Wildman–Crippen MR) is 89.5 cm³/mol. The minimum atomic E-state index is -0.169. The van der Waals surface area contributed by atoms with Crippen LogP contribution in [-0.2, 0) is 4.74 Å². The Balaban J connectivity index is 1.87. The summed E-state index contributed by atoms with van der Waals surface area (Å²) in [5, 5.41) is 5.75. The molecule has 0 spiro atoms. The van der Waals surface area contributed by atoms with Gasteiger partial charge in [-0.3, -0.25) is 9.59 Å². The quantitative estimate of drug-likeness (QED) is 0.811. The topological polar surface area (TPSA) is 67.4 Å². The second-order valence-electron chi connectivity index (χ2n) is 6.36. The van der Waals surface area contributed by atoms with Gasteiger partial charge in [-0.1, -0.05) is 19.9 Å². The highest BCUT2D eigenvalue weighted by atomic mass is 16.5. The number of ether oxygens (including phenoxy) is 1. The SMILES string of the molecule is CC(C)CCNC(=O)c1cccc(C(=O)NCC2CCCO2)c1. The van der Waals surface area contributed by atoms with Crippen LogP contribution in [0.3, 0.4) is 0 Å². The zero-order chi connectivity index (χ0) is 16.7. The molecule has 0 radical (unpaired) electrons. The monoisotopic (exact) mass is 318 g/mol. The summed E-state index contributed by atoms with van der Waals surface area (Å²) in [6.45, 7) is 6.17. The number of hydrogen-bond acceptors (Lipinski definition) is 3. The number of carbonyl (C=O) groups excluding carboxylic acids is 2. The Bertz CT molecular complexity index is 537. The molecule has 5 heteroatoms. The van der Waals surface area contributed by atoms with Crippen LogP contribution in [0.5, 0.6) is 0 Å². The molecule has 1 unspecified atom stereocenters. The number of carbonyl (C=O) groups is 2. The van der Waals surface area contributed by atoms with E-state index in [0.717, 1.165) is 25.9 Å². The molecule has 1 aromatic carbocycles. The number of hydrogen-bond donors (Lipinski definition) is 2. The first-order valence-corrected chi connectivity index (χ1v) is 8.34. The van der Waals surface area contributed by atoms with Crippen molar-refractivity contribution in [2.45, 2.75) is 39.2 Å². The Morgan fingerprint density at radius 1 is 1.22 bits per heavy atom. The molecule has 2 N–H and O–H groups in total. The minimum absolute atomic E-state index is 0.112. The van der Waals surface area contributed by atoms with Gasteiger partial charge < -0.3 is 15.4 Å². The van der Waals surface area contributed by atoms with Crippen LogP contribution in [-0.4, -0.2) is 37.6 Å². The molecule has 1 heterocycles. The van der Waals surface area contributed by atoms with Crippen molar-refractivity contribution in [3.05, 3.63) is 35.4 Å². The van der Waals surface area contributed by atoms with Crippen LogP contribution in [0.15, 0.2) is 24.3 Å². The lowest BCUT2D eigenvalue weighted by molar-refractivity contribution is 0.0858. The smallest absolute Gasteiger partial charge is 0.251 e. The maximum absolute atomic E-state index is 12.2. The Morgan fingerprint density at radius 2 is 1.91 bits per heavy atom. The van der Waals surface area contributed by atoms with Gasteiger partial charge in [0.05, 0.1) is 6.10 Å². The van der Waals surface area contributed by atoms with E-state index in [4.69, 9.17) is 4.74 Å². The number of rotatable bonds is 7. The minimum Gasteiger partial charge on any atom is -0.376 e. The Morgan fingerprint density at radius 3 is 2.52 bits per heavy atom. The number of nitrogens with one attached hydrogen (secondary N) is 2. The standard InChI is InChI=1S/C18H26N2O3/c1-13(2)8-9-19-17(21)14-5-3-6-15(11-14)18(22)20-12-16-7-4-10-23-16/h3,5-6,11,13,16H,4,7-10,12H2,1-2H3,(H,19,21)(H,20,22). The van der Waals surface area contributed by atoms with Gasteiger partial charge in [-0.2, -0.15) is 0 Å². The van der Waals surface area contributed by atoms with Crippen LogP contribution in [0.25, 0.3) is 0 Å². The van der Waals surface area contributed by atoms with Crippen molar-refractivity contribution in [2.75, 3.05) is 19.7 Å². The molecule has 23 heavy (non-hydrogen) atoms. The zero-order valence-electron chi connectivity index (χ0n) is 13.9. The van der Waals surface area contributed by atoms with E-state index in [-0.39, 0.29) is 17.9 Å². The van der Waals surface area contributed by atoms with Crippen molar-refractivity contribution in [1.82, 2.24) is 10.6 Å². The number of benzene rings is 1. The van der Waals surface area contributed by atoms with Crippen molar-refractivity contribution >= 4 is 11.8 Å². The van der Waals surface area contributed by atoms with E-state index in [1.807, 2.05) is 0 Å². The van der Waals surface area contributed by atoms with Gasteiger partial charge in [-0.25, -0.2) is 0 Å². The van der Waals surface area contributed by atoms with E-state index < -0.39 is 0 Å². The summed E-state index contributed by atoms with van der Waals surface area (Å²) in [7, 11) is 0. The summed E-state index contributed by atoms with van der Waals surface area (Å²) < 4.78 is 5.49. The third kappa shape index (κ3) is 5.67. The maximum atomic E-state index is 12.2. The van der Waals surface area contributed by atoms with Crippen LogP contribution in [0.2, 0.25) is 0 Å². The van der Waals surface area contributed by atoms with Gasteiger partial charge in [0.25, 0.3) is 11.8 Å². The average molecular weight is 318 g/mol. The summed E-state index contributed by atoms with van der Waals surface area (Å²) in [4.78, 5) is 24.3. The zero-order valence-corrected chi connectivity index (χ0v) is 13.9. The Hall–Kier alpha value is -1.88. The normalized spacial score (nSPS) is 17.3. The predicted octanol–water partition coefficient (Wildman–Crippen LogP) is 2.37. The van der Waals surface area contributed by atoms with Gasteiger partial charge in [0, 0.05) is 30.8 Å². The largest absolute Gasteiger partial charge is 0.376 e. The molecule has 5 nitrogen and oxygen atoms in total. The first-order chi connectivity index (χ1) is 11.1. The summed E-state index contributed by atoms with van der Waals surface area (Å²) >= 11 is 0. The molecule has 2 rings (SSSR count). The fourth-order valence-corrected chi connectivity index (χ4v) is 2.49. The van der Waals surface area contributed by atoms with Crippen molar-refractivity contribution in [1.29, 1.82) is 0 Å². The van der Waals surface area contributed by atoms with Gasteiger partial charge in [-0.15, -0.1) is 0 Å². The second kappa shape index (κ2) is 8.67. The van der Waals surface area contributed by atoms with E-state index in [9.17, 15) is 9.59 Å². The first kappa shape index (κ1) is 17.5. The molecule has 126 valence electrons. The molecule has 1 aliphatic heterocycles. The lowest BCUT2D eigenvalue weighted by Gasteiger charge is -2.11. The molecular formula is C18H26N2O3. The van der Waals surface area contributed by atoms with Crippen molar-refractivity contribution < 1.29 is 14.3 Å². The first-order valence-electron chi connectivity index (χ1n) is 8.34. The van der Waals surface area contributed by atoms with E-state index in [0.29, 0.717) is 30.1 Å². The lowest BCUT2D eigenvalue weighted by atomic mass is 10.1. The fraction of sp³-hybridized carbons (Fsp3) is 0.556. The Labute approximate surface area is 137 Å². The summed E-state index contributed by atoms with van der Waals surface area (Å²) in [5.41, 5.74) is 1.01. The van der Waals surface area contributed by atoms with Crippen molar-refractivity contribution in [3.63, 3.8) is 0 Å². The molecule has 0 bridgehead atoms. The van der Waals surface area contributed by atoms with Gasteiger partial charge in [0.15, 0.2) is 0 Å². The molecular weight excluding hydrogens is 292 g/mol. The van der Waals surface area contributed by atoms with Crippen molar-refractivity contribution in [3.8, 4) is 0 Å². The molecule has 1 saturated heterocycles. The fourth-order valence-electron chi connectivity index (χ4n) is 2.49. The molecule has 2 amide bonds. The van der Waals surface area contributed by atoms with Gasteiger partial charge in [-0.05, 0) is 43.4 Å². The summed E-state index contributed by atoms with van der Waals surface area (Å²) in [5.74, 6) is 0.238. The highest BCUT2D eigenvalue weighted by molar-refractivity contribution is 5.99. The summed E-state index contributed by atoms with van der Waals surface area (Å²) in [6.07, 6.45) is 3.08.